The fraction of sp³-hybridized carbons (Fsp3) is 0.214. The maximum absolute atomic E-state index is 2.27. The Morgan fingerprint density at radius 3 is 0.938 bits per heavy atom. The minimum absolute atomic E-state index is 0. The van der Waals surface area contributed by atoms with Crippen LogP contribution in [-0.4, -0.2) is 8.80 Å². The molecule has 2 rings (SSSR count). The van der Waals surface area contributed by atoms with Gasteiger partial charge in [-0.25, -0.2) is 24.3 Å². The Labute approximate surface area is 118 Å². The van der Waals surface area contributed by atoms with Crippen molar-refractivity contribution in [3.05, 3.63) is 68.1 Å². The molecule has 0 N–H and O–H groups in total. The molecule has 0 saturated carbocycles. The van der Waals surface area contributed by atoms with Crippen LogP contribution < -0.4 is 0 Å². The van der Waals surface area contributed by atoms with Crippen molar-refractivity contribution in [2.24, 2.45) is 0 Å². The zero-order valence-corrected chi connectivity index (χ0v) is 13.3. The van der Waals surface area contributed by atoms with Gasteiger partial charge in [-0.3, -0.25) is 0 Å². The van der Waals surface area contributed by atoms with Crippen molar-refractivity contribution in [2.45, 2.75) is 19.6 Å². The fourth-order valence-corrected chi connectivity index (χ4v) is 0.642. The molecular formula is C14H22SiTi. The molecule has 0 aromatic heterocycles. The standard InChI is InChI=1S/2C5H5.C3H9Si.CH3.Ti/c2*1-2-4-5-3-1;1-4(2)3;;/h2*1-5H;1-3H3;1H3;/q2*-1;;-1;+3. The second-order valence-corrected chi connectivity index (χ2v) is 6.42. The summed E-state index contributed by atoms with van der Waals surface area (Å²) in [5, 5.41) is 0. The summed E-state index contributed by atoms with van der Waals surface area (Å²) in [5.74, 6) is 0. The topological polar surface area (TPSA) is 0 Å². The van der Waals surface area contributed by atoms with Crippen LogP contribution in [-0.2, 0) is 21.7 Å². The molecule has 0 atom stereocenters. The minimum Gasteiger partial charge on any atom is -0.358 e. The van der Waals surface area contributed by atoms with Gasteiger partial charge in [0.05, 0.1) is 0 Å². The van der Waals surface area contributed by atoms with Crippen LogP contribution in [0, 0.1) is 7.43 Å². The largest absolute Gasteiger partial charge is 3.00 e. The molecule has 2 aromatic rings. The average molecular weight is 266 g/mol. The van der Waals surface area contributed by atoms with Gasteiger partial charge in [-0.2, -0.15) is 36.4 Å². The molecule has 0 spiro atoms. The molecule has 2 heteroatoms. The first-order valence-electron chi connectivity index (χ1n) is 4.83. The summed E-state index contributed by atoms with van der Waals surface area (Å²) in [6.45, 7) is 6.81. The van der Waals surface area contributed by atoms with Gasteiger partial charge in [0.2, 0.25) is 0 Å². The van der Waals surface area contributed by atoms with Crippen molar-refractivity contribution >= 4 is 8.80 Å². The first kappa shape index (κ1) is 21.0. The van der Waals surface area contributed by atoms with Gasteiger partial charge in [0, 0.05) is 8.80 Å². The normalized spacial score (nSPS) is 7.25. The van der Waals surface area contributed by atoms with Crippen LogP contribution in [0.1, 0.15) is 0 Å². The zero-order chi connectivity index (χ0) is 10.6. The summed E-state index contributed by atoms with van der Waals surface area (Å²) in [4.78, 5) is 0. The summed E-state index contributed by atoms with van der Waals surface area (Å²) in [5.41, 5.74) is 0. The van der Waals surface area contributed by atoms with Crippen molar-refractivity contribution in [1.29, 1.82) is 0 Å². The Morgan fingerprint density at radius 1 is 0.688 bits per heavy atom. The molecule has 0 nitrogen and oxygen atoms in total. The van der Waals surface area contributed by atoms with Gasteiger partial charge in [-0.1, -0.05) is 19.6 Å². The van der Waals surface area contributed by atoms with E-state index in [2.05, 4.69) is 19.6 Å². The van der Waals surface area contributed by atoms with Gasteiger partial charge < -0.3 is 7.43 Å². The summed E-state index contributed by atoms with van der Waals surface area (Å²) in [6, 6.07) is 20.0. The van der Waals surface area contributed by atoms with Gasteiger partial charge in [0.15, 0.2) is 0 Å². The van der Waals surface area contributed by atoms with E-state index in [-0.39, 0.29) is 37.9 Å². The maximum Gasteiger partial charge on any atom is 3.00 e. The molecular weight excluding hydrogens is 244 g/mol. The summed E-state index contributed by atoms with van der Waals surface area (Å²) < 4.78 is 0. The molecule has 0 fully saturated rings. The van der Waals surface area contributed by atoms with Crippen LogP contribution in [0.3, 0.4) is 0 Å². The third-order valence-electron chi connectivity index (χ3n) is 1.11. The molecule has 0 amide bonds. The van der Waals surface area contributed by atoms with Crippen LogP contribution in [0.4, 0.5) is 0 Å². The van der Waals surface area contributed by atoms with Crippen molar-refractivity contribution < 1.29 is 21.7 Å². The van der Waals surface area contributed by atoms with Gasteiger partial charge in [-0.15, -0.1) is 0 Å². The van der Waals surface area contributed by atoms with E-state index in [4.69, 9.17) is 0 Å². The monoisotopic (exact) mass is 266 g/mol. The SMILES string of the molecule is C[Si](C)C.[CH3-].[Ti+3].c1cc[cH-]c1.c1cc[cH-]c1. The molecule has 0 saturated heterocycles. The first-order chi connectivity index (χ1) is 6.73. The number of hydrogen-bond acceptors (Lipinski definition) is 0. The van der Waals surface area contributed by atoms with E-state index in [0.29, 0.717) is 0 Å². The van der Waals surface area contributed by atoms with E-state index in [1.807, 2.05) is 60.7 Å². The van der Waals surface area contributed by atoms with Gasteiger partial charge in [0.25, 0.3) is 0 Å². The average Bonchev–Trinajstić information content (AvgIpc) is 2.83. The Bertz CT molecular complexity index is 183. The Kier molecular flexibility index (Phi) is 22.3. The van der Waals surface area contributed by atoms with Gasteiger partial charge in [-0.05, 0) is 0 Å². The predicted molar refractivity (Wildman–Crippen MR) is 73.8 cm³/mol. The van der Waals surface area contributed by atoms with E-state index in [1.54, 1.807) is 0 Å². The summed E-state index contributed by atoms with van der Waals surface area (Å²) in [6.07, 6.45) is 0. The van der Waals surface area contributed by atoms with Gasteiger partial charge >= 0.3 is 21.7 Å². The number of hydrogen-bond donors (Lipinski definition) is 0. The summed E-state index contributed by atoms with van der Waals surface area (Å²) in [7, 11) is 0.120. The van der Waals surface area contributed by atoms with Crippen molar-refractivity contribution in [1.82, 2.24) is 0 Å². The summed E-state index contributed by atoms with van der Waals surface area (Å²) >= 11 is 0. The van der Waals surface area contributed by atoms with Crippen molar-refractivity contribution in [2.75, 3.05) is 0 Å². The van der Waals surface area contributed by atoms with Crippen LogP contribution in [0.15, 0.2) is 60.7 Å². The Balaban J connectivity index is -0.000000151. The zero-order valence-electron chi connectivity index (χ0n) is 10.8. The van der Waals surface area contributed by atoms with Crippen LogP contribution in [0.5, 0.6) is 0 Å². The Hall–Kier alpha value is -0.369. The first-order valence-corrected chi connectivity index (χ1v) is 7.83. The smallest absolute Gasteiger partial charge is 0.358 e. The molecule has 2 radical (unpaired) electrons. The van der Waals surface area contributed by atoms with Crippen LogP contribution in [0.25, 0.3) is 0 Å². The molecule has 86 valence electrons. The second kappa shape index (κ2) is 17.0. The Morgan fingerprint density at radius 2 is 0.875 bits per heavy atom. The van der Waals surface area contributed by atoms with E-state index < -0.39 is 0 Å². The molecule has 0 heterocycles. The van der Waals surface area contributed by atoms with Crippen molar-refractivity contribution in [3.63, 3.8) is 0 Å². The molecule has 0 unspecified atom stereocenters. The second-order valence-electron chi connectivity index (χ2n) is 3.42. The fourth-order valence-electron chi connectivity index (χ4n) is 0.642. The van der Waals surface area contributed by atoms with E-state index in [0.717, 1.165) is 0 Å². The van der Waals surface area contributed by atoms with Gasteiger partial charge in [0.1, 0.15) is 0 Å². The minimum atomic E-state index is 0. The quantitative estimate of drug-likeness (QED) is 0.482. The third-order valence-corrected chi connectivity index (χ3v) is 1.11. The molecule has 16 heavy (non-hydrogen) atoms. The van der Waals surface area contributed by atoms with Crippen LogP contribution in [0.2, 0.25) is 19.6 Å². The predicted octanol–water partition coefficient (Wildman–Crippen LogP) is 4.63. The van der Waals surface area contributed by atoms with E-state index >= 15 is 0 Å². The van der Waals surface area contributed by atoms with Crippen LogP contribution >= 0.6 is 0 Å². The third kappa shape index (κ3) is 23.4. The molecule has 0 aliphatic carbocycles. The van der Waals surface area contributed by atoms with Crippen molar-refractivity contribution in [3.8, 4) is 0 Å². The molecule has 0 bridgehead atoms. The molecule has 0 aliphatic heterocycles. The molecule has 2 aromatic carbocycles. The number of rotatable bonds is 0. The van der Waals surface area contributed by atoms with E-state index in [9.17, 15) is 0 Å². The molecule has 0 aliphatic rings. The maximum atomic E-state index is 2.27. The van der Waals surface area contributed by atoms with E-state index in [1.165, 1.54) is 0 Å².